The molecule has 0 aliphatic heterocycles. The zero-order chi connectivity index (χ0) is 14.8. The molecule has 6 heteroatoms. The summed E-state index contributed by atoms with van der Waals surface area (Å²) >= 11 is 0. The lowest BCUT2D eigenvalue weighted by atomic mass is 10.2. The first-order chi connectivity index (χ1) is 9.43. The lowest BCUT2D eigenvalue weighted by Gasteiger charge is -2.20. The topological polar surface area (TPSA) is 76.3 Å². The lowest BCUT2D eigenvalue weighted by Crippen LogP contribution is -2.15. The first kappa shape index (κ1) is 14.5. The minimum Gasteiger partial charge on any atom is -0.328 e. The van der Waals surface area contributed by atoms with Gasteiger partial charge in [-0.05, 0) is 29.8 Å². The Morgan fingerprint density at radius 3 is 2.40 bits per heavy atom. The van der Waals surface area contributed by atoms with Gasteiger partial charge in [-0.1, -0.05) is 12.1 Å². The van der Waals surface area contributed by atoms with Crippen molar-refractivity contribution in [3.8, 4) is 0 Å². The number of rotatable bonds is 4. The third-order valence-electron chi connectivity index (χ3n) is 3.03. The maximum Gasteiger partial charge on any atom is 0.179 e. The predicted molar refractivity (Wildman–Crippen MR) is 79.7 cm³/mol. The summed E-state index contributed by atoms with van der Waals surface area (Å²) in [4.78, 5) is 6.15. The molecule has 2 rings (SSSR count). The van der Waals surface area contributed by atoms with Crippen molar-refractivity contribution in [3.63, 3.8) is 0 Å². The van der Waals surface area contributed by atoms with E-state index in [-0.39, 0.29) is 4.90 Å². The Kier molecular flexibility index (Phi) is 4.06. The summed E-state index contributed by atoms with van der Waals surface area (Å²) in [7, 11) is -1.54. The first-order valence-electron chi connectivity index (χ1n) is 6.11. The Labute approximate surface area is 119 Å². The van der Waals surface area contributed by atoms with Crippen LogP contribution in [0.3, 0.4) is 0 Å². The van der Waals surface area contributed by atoms with Crippen molar-refractivity contribution >= 4 is 21.3 Å². The maximum atomic E-state index is 11.8. The molecule has 0 aliphatic carbocycles. The Hall–Kier alpha value is -1.92. The molecule has 2 N–H and O–H groups in total. The van der Waals surface area contributed by atoms with E-state index in [1.54, 1.807) is 30.3 Å². The van der Waals surface area contributed by atoms with E-state index in [0.29, 0.717) is 12.4 Å². The molecule has 1 aromatic heterocycles. The summed E-state index contributed by atoms with van der Waals surface area (Å²) in [6.45, 7) is 0.474. The second-order valence-corrected chi connectivity index (χ2v) is 6.51. The SMILES string of the molecule is CN(c1ccc(CN)cc1)c1ncccc1S(C)(=O)=O. The molecule has 1 aromatic carbocycles. The van der Waals surface area contributed by atoms with Gasteiger partial charge in [0, 0.05) is 31.7 Å². The average molecular weight is 291 g/mol. The first-order valence-corrected chi connectivity index (χ1v) is 8.00. The van der Waals surface area contributed by atoms with Crippen LogP contribution in [-0.4, -0.2) is 26.7 Å². The molecule has 0 unspecified atom stereocenters. The van der Waals surface area contributed by atoms with Crippen LogP contribution in [0, 0.1) is 0 Å². The quantitative estimate of drug-likeness (QED) is 0.928. The zero-order valence-electron chi connectivity index (χ0n) is 11.4. The number of benzene rings is 1. The van der Waals surface area contributed by atoms with Gasteiger partial charge in [0.2, 0.25) is 0 Å². The highest BCUT2D eigenvalue weighted by Gasteiger charge is 2.17. The summed E-state index contributed by atoms with van der Waals surface area (Å²) in [5, 5.41) is 0. The number of nitrogens with zero attached hydrogens (tertiary/aromatic N) is 2. The molecule has 1 heterocycles. The van der Waals surface area contributed by atoms with Crippen molar-refractivity contribution in [2.45, 2.75) is 11.4 Å². The van der Waals surface area contributed by atoms with Crippen LogP contribution >= 0.6 is 0 Å². The van der Waals surface area contributed by atoms with Gasteiger partial charge in [-0.3, -0.25) is 0 Å². The van der Waals surface area contributed by atoms with Crippen LogP contribution in [0.1, 0.15) is 5.56 Å². The number of sulfone groups is 1. The molecule has 106 valence electrons. The predicted octanol–water partition coefficient (Wildman–Crippen LogP) is 1.71. The van der Waals surface area contributed by atoms with Crippen molar-refractivity contribution in [3.05, 3.63) is 48.2 Å². The molecule has 0 fully saturated rings. The summed E-state index contributed by atoms with van der Waals surface area (Å²) in [5.74, 6) is 0.412. The Balaban J connectivity index is 2.45. The lowest BCUT2D eigenvalue weighted by molar-refractivity contribution is 0.601. The molecule has 0 saturated heterocycles. The standard InChI is InChI=1S/C14H17N3O2S/c1-17(12-7-5-11(10-15)6-8-12)14-13(20(2,18)19)4-3-9-16-14/h3-9H,10,15H2,1-2H3. The van der Waals surface area contributed by atoms with Crippen LogP contribution in [-0.2, 0) is 16.4 Å². The fourth-order valence-electron chi connectivity index (χ4n) is 1.90. The zero-order valence-corrected chi connectivity index (χ0v) is 12.3. The molecule has 20 heavy (non-hydrogen) atoms. The minimum atomic E-state index is -3.32. The van der Waals surface area contributed by atoms with Gasteiger partial charge < -0.3 is 10.6 Å². The summed E-state index contributed by atoms with van der Waals surface area (Å²) in [6, 6.07) is 10.8. The molecule has 0 aliphatic rings. The normalized spacial score (nSPS) is 11.3. The van der Waals surface area contributed by atoms with Gasteiger partial charge in [0.15, 0.2) is 15.7 Å². The van der Waals surface area contributed by atoms with Crippen LogP contribution in [0.4, 0.5) is 11.5 Å². The molecule has 2 aromatic rings. The molecular formula is C14H17N3O2S. The van der Waals surface area contributed by atoms with Gasteiger partial charge in [-0.2, -0.15) is 0 Å². The van der Waals surface area contributed by atoms with Crippen LogP contribution < -0.4 is 10.6 Å². The van der Waals surface area contributed by atoms with Crippen LogP contribution in [0.15, 0.2) is 47.5 Å². The van der Waals surface area contributed by atoms with Crippen molar-refractivity contribution in [1.29, 1.82) is 0 Å². The third-order valence-corrected chi connectivity index (χ3v) is 4.14. The summed E-state index contributed by atoms with van der Waals surface area (Å²) < 4.78 is 23.6. The van der Waals surface area contributed by atoms with E-state index in [2.05, 4.69) is 4.98 Å². The number of aromatic nitrogens is 1. The van der Waals surface area contributed by atoms with Crippen molar-refractivity contribution in [2.24, 2.45) is 5.73 Å². The Bertz CT molecular complexity index is 697. The fraction of sp³-hybridized carbons (Fsp3) is 0.214. The van der Waals surface area contributed by atoms with E-state index in [1.807, 2.05) is 24.3 Å². The molecule has 0 saturated carbocycles. The van der Waals surface area contributed by atoms with Gasteiger partial charge in [0.1, 0.15) is 4.90 Å². The third kappa shape index (κ3) is 2.97. The Morgan fingerprint density at radius 1 is 1.20 bits per heavy atom. The molecule has 5 nitrogen and oxygen atoms in total. The highest BCUT2D eigenvalue weighted by Crippen LogP contribution is 2.27. The number of pyridine rings is 1. The van der Waals surface area contributed by atoms with Crippen molar-refractivity contribution in [1.82, 2.24) is 4.98 Å². The van der Waals surface area contributed by atoms with E-state index in [1.165, 1.54) is 6.26 Å². The van der Waals surface area contributed by atoms with Gasteiger partial charge >= 0.3 is 0 Å². The number of nitrogens with two attached hydrogens (primary N) is 1. The van der Waals surface area contributed by atoms with Gasteiger partial charge in [-0.25, -0.2) is 13.4 Å². The summed E-state index contributed by atoms with van der Waals surface area (Å²) in [5.41, 5.74) is 7.44. The van der Waals surface area contributed by atoms with Crippen LogP contribution in [0.5, 0.6) is 0 Å². The van der Waals surface area contributed by atoms with Gasteiger partial charge in [0.05, 0.1) is 0 Å². The van der Waals surface area contributed by atoms with Gasteiger partial charge in [-0.15, -0.1) is 0 Å². The molecular weight excluding hydrogens is 274 g/mol. The number of hydrogen-bond donors (Lipinski definition) is 1. The Morgan fingerprint density at radius 2 is 1.85 bits per heavy atom. The maximum absolute atomic E-state index is 11.8. The smallest absolute Gasteiger partial charge is 0.179 e. The van der Waals surface area contributed by atoms with E-state index in [0.717, 1.165) is 11.3 Å². The average Bonchev–Trinajstić information content (AvgIpc) is 2.46. The molecule has 0 amide bonds. The highest BCUT2D eigenvalue weighted by atomic mass is 32.2. The van der Waals surface area contributed by atoms with E-state index in [9.17, 15) is 8.42 Å². The van der Waals surface area contributed by atoms with Crippen LogP contribution in [0.2, 0.25) is 0 Å². The fourth-order valence-corrected chi connectivity index (χ4v) is 2.75. The second-order valence-electron chi connectivity index (χ2n) is 4.53. The molecule has 0 radical (unpaired) electrons. The van der Waals surface area contributed by atoms with Gasteiger partial charge in [0.25, 0.3) is 0 Å². The van der Waals surface area contributed by atoms with E-state index >= 15 is 0 Å². The molecule has 0 bridgehead atoms. The molecule has 0 atom stereocenters. The molecule has 0 spiro atoms. The van der Waals surface area contributed by atoms with Crippen molar-refractivity contribution < 1.29 is 8.42 Å². The van der Waals surface area contributed by atoms with Crippen LogP contribution in [0.25, 0.3) is 0 Å². The monoisotopic (exact) mass is 291 g/mol. The van der Waals surface area contributed by atoms with Crippen molar-refractivity contribution in [2.75, 3.05) is 18.2 Å². The largest absolute Gasteiger partial charge is 0.328 e. The number of hydrogen-bond acceptors (Lipinski definition) is 5. The minimum absolute atomic E-state index is 0.213. The summed E-state index contributed by atoms with van der Waals surface area (Å²) in [6.07, 6.45) is 2.76. The second kappa shape index (κ2) is 5.60. The van der Waals surface area contributed by atoms with E-state index < -0.39 is 9.84 Å². The number of anilines is 2. The van der Waals surface area contributed by atoms with E-state index in [4.69, 9.17) is 5.73 Å². The highest BCUT2D eigenvalue weighted by molar-refractivity contribution is 7.90.